The van der Waals surface area contributed by atoms with Crippen LogP contribution < -0.4 is 5.32 Å². The van der Waals surface area contributed by atoms with E-state index in [9.17, 15) is 0 Å². The van der Waals surface area contributed by atoms with Crippen molar-refractivity contribution in [1.82, 2.24) is 10.2 Å². The molecule has 1 N–H and O–H groups in total. The number of rotatable bonds is 4. The molecule has 0 aromatic heterocycles. The molecule has 2 aliphatic heterocycles. The second-order valence-electron chi connectivity index (χ2n) is 5.87. The van der Waals surface area contributed by atoms with Gasteiger partial charge >= 0.3 is 0 Å². The summed E-state index contributed by atoms with van der Waals surface area (Å²) in [4.78, 5) is 2.62. The van der Waals surface area contributed by atoms with Crippen molar-refractivity contribution in [3.05, 3.63) is 35.9 Å². The summed E-state index contributed by atoms with van der Waals surface area (Å²) in [5, 5.41) is 3.51. The fraction of sp³-hybridized carbons (Fsp3) is 0.625. The van der Waals surface area contributed by atoms with Crippen LogP contribution in [0.5, 0.6) is 0 Å². The highest BCUT2D eigenvalue weighted by Gasteiger charge is 2.27. The van der Waals surface area contributed by atoms with E-state index < -0.39 is 0 Å². The number of hydrogen-bond donors (Lipinski definition) is 1. The van der Waals surface area contributed by atoms with Crippen LogP contribution in [0.1, 0.15) is 30.7 Å². The molecule has 98 valence electrons. The van der Waals surface area contributed by atoms with Crippen LogP contribution in [-0.2, 0) is 0 Å². The normalized spacial score (nSPS) is 25.9. The third-order valence-electron chi connectivity index (χ3n) is 4.48. The predicted molar refractivity (Wildman–Crippen MR) is 75.8 cm³/mol. The Morgan fingerprint density at radius 1 is 1.17 bits per heavy atom. The maximum Gasteiger partial charge on any atom is 0.00936 e. The van der Waals surface area contributed by atoms with E-state index in [1.807, 2.05) is 0 Å². The van der Waals surface area contributed by atoms with Gasteiger partial charge in [0.25, 0.3) is 0 Å². The molecule has 0 spiro atoms. The van der Waals surface area contributed by atoms with E-state index in [1.165, 1.54) is 57.5 Å². The Hall–Kier alpha value is -0.860. The zero-order valence-electron chi connectivity index (χ0n) is 11.1. The molecule has 18 heavy (non-hydrogen) atoms. The van der Waals surface area contributed by atoms with Gasteiger partial charge in [0.15, 0.2) is 0 Å². The topological polar surface area (TPSA) is 15.3 Å². The summed E-state index contributed by atoms with van der Waals surface area (Å²) < 4.78 is 0. The molecule has 0 amide bonds. The zero-order valence-corrected chi connectivity index (χ0v) is 11.1. The highest BCUT2D eigenvalue weighted by Crippen LogP contribution is 2.27. The van der Waals surface area contributed by atoms with Gasteiger partial charge in [-0.15, -0.1) is 0 Å². The van der Waals surface area contributed by atoms with Gasteiger partial charge in [0, 0.05) is 19.0 Å². The fourth-order valence-electron chi connectivity index (χ4n) is 3.22. The first-order chi connectivity index (χ1) is 8.92. The van der Waals surface area contributed by atoms with Crippen LogP contribution in [0.25, 0.3) is 0 Å². The van der Waals surface area contributed by atoms with Crippen LogP contribution in [0.2, 0.25) is 0 Å². The summed E-state index contributed by atoms with van der Waals surface area (Å²) in [5.74, 6) is 1.71. The van der Waals surface area contributed by atoms with Gasteiger partial charge in [-0.2, -0.15) is 0 Å². The van der Waals surface area contributed by atoms with Gasteiger partial charge in [-0.1, -0.05) is 30.3 Å². The lowest BCUT2D eigenvalue weighted by atomic mass is 9.90. The molecule has 1 aromatic carbocycles. The molecule has 1 unspecified atom stereocenters. The summed E-state index contributed by atoms with van der Waals surface area (Å²) in [7, 11) is 0. The second-order valence-corrected chi connectivity index (χ2v) is 5.87. The van der Waals surface area contributed by atoms with E-state index in [0.717, 1.165) is 11.8 Å². The highest BCUT2D eigenvalue weighted by molar-refractivity contribution is 5.22. The molecule has 0 radical (unpaired) electrons. The monoisotopic (exact) mass is 244 g/mol. The average molecular weight is 244 g/mol. The number of hydrogen-bond acceptors (Lipinski definition) is 2. The van der Waals surface area contributed by atoms with Crippen LogP contribution in [-0.4, -0.2) is 37.6 Å². The van der Waals surface area contributed by atoms with Gasteiger partial charge < -0.3 is 10.2 Å². The molecule has 2 fully saturated rings. The quantitative estimate of drug-likeness (QED) is 0.875. The van der Waals surface area contributed by atoms with Gasteiger partial charge in [-0.3, -0.25) is 0 Å². The Kier molecular flexibility index (Phi) is 3.96. The minimum atomic E-state index is 0.788. The van der Waals surface area contributed by atoms with Crippen molar-refractivity contribution in [1.29, 1.82) is 0 Å². The Labute approximate surface area is 110 Å². The maximum atomic E-state index is 3.51. The second kappa shape index (κ2) is 5.85. The first-order valence-electron chi connectivity index (χ1n) is 7.40. The van der Waals surface area contributed by atoms with E-state index >= 15 is 0 Å². The summed E-state index contributed by atoms with van der Waals surface area (Å²) >= 11 is 0. The molecular weight excluding hydrogens is 220 g/mol. The first-order valence-corrected chi connectivity index (χ1v) is 7.40. The van der Waals surface area contributed by atoms with E-state index in [4.69, 9.17) is 0 Å². The Balaban J connectivity index is 1.37. The standard InChI is InChI=1S/C16H24N2/c1-2-6-15(7-3-1)16-12-18(13-16)10-8-14-5-4-9-17-11-14/h1-3,6-7,14,16-17H,4-5,8-13H2. The zero-order chi connectivity index (χ0) is 12.2. The van der Waals surface area contributed by atoms with Gasteiger partial charge in [0.2, 0.25) is 0 Å². The van der Waals surface area contributed by atoms with E-state index in [-0.39, 0.29) is 0 Å². The minimum Gasteiger partial charge on any atom is -0.316 e. The molecule has 1 atom stereocenters. The lowest BCUT2D eigenvalue weighted by molar-refractivity contribution is 0.134. The minimum absolute atomic E-state index is 0.788. The Morgan fingerprint density at radius 3 is 2.72 bits per heavy atom. The van der Waals surface area contributed by atoms with Crippen LogP contribution >= 0.6 is 0 Å². The van der Waals surface area contributed by atoms with Gasteiger partial charge in [-0.05, 0) is 50.4 Å². The van der Waals surface area contributed by atoms with Crippen molar-refractivity contribution in [3.63, 3.8) is 0 Å². The van der Waals surface area contributed by atoms with Crippen LogP contribution in [0.4, 0.5) is 0 Å². The Morgan fingerprint density at radius 2 is 2.00 bits per heavy atom. The predicted octanol–water partition coefficient (Wildman–Crippen LogP) is 2.48. The summed E-state index contributed by atoms with van der Waals surface area (Å²) in [6.07, 6.45) is 4.19. The van der Waals surface area contributed by atoms with E-state index in [1.54, 1.807) is 0 Å². The number of piperidine rings is 1. The molecule has 1 aromatic rings. The number of likely N-dealkylation sites (tertiary alicyclic amines) is 1. The van der Waals surface area contributed by atoms with Gasteiger partial charge in [0.05, 0.1) is 0 Å². The van der Waals surface area contributed by atoms with E-state index in [2.05, 4.69) is 40.5 Å². The molecule has 2 heterocycles. The van der Waals surface area contributed by atoms with Crippen molar-refractivity contribution in [3.8, 4) is 0 Å². The van der Waals surface area contributed by atoms with Gasteiger partial charge in [-0.25, -0.2) is 0 Å². The fourth-order valence-corrected chi connectivity index (χ4v) is 3.22. The number of nitrogens with one attached hydrogen (secondary N) is 1. The molecule has 2 nitrogen and oxygen atoms in total. The number of benzene rings is 1. The molecule has 0 aliphatic carbocycles. The van der Waals surface area contributed by atoms with Crippen molar-refractivity contribution in [2.24, 2.45) is 5.92 Å². The molecule has 3 rings (SSSR count). The first kappa shape index (κ1) is 12.2. The van der Waals surface area contributed by atoms with Crippen LogP contribution in [0.3, 0.4) is 0 Å². The summed E-state index contributed by atoms with van der Waals surface area (Å²) in [6, 6.07) is 11.0. The lowest BCUT2D eigenvalue weighted by Gasteiger charge is -2.40. The smallest absolute Gasteiger partial charge is 0.00936 e. The summed E-state index contributed by atoms with van der Waals surface area (Å²) in [6.45, 7) is 6.32. The van der Waals surface area contributed by atoms with Crippen molar-refractivity contribution in [2.45, 2.75) is 25.2 Å². The van der Waals surface area contributed by atoms with Crippen molar-refractivity contribution in [2.75, 3.05) is 32.7 Å². The highest BCUT2D eigenvalue weighted by atomic mass is 15.2. The molecule has 0 saturated carbocycles. The molecule has 0 bridgehead atoms. The van der Waals surface area contributed by atoms with E-state index in [0.29, 0.717) is 0 Å². The number of nitrogens with zero attached hydrogens (tertiary/aromatic N) is 1. The summed E-state index contributed by atoms with van der Waals surface area (Å²) in [5.41, 5.74) is 1.52. The third-order valence-corrected chi connectivity index (χ3v) is 4.48. The van der Waals surface area contributed by atoms with Crippen molar-refractivity contribution >= 4 is 0 Å². The SMILES string of the molecule is c1ccc(C2CN(CCC3CCCNC3)C2)cc1. The molecule has 2 aliphatic rings. The molecule has 2 heteroatoms. The van der Waals surface area contributed by atoms with Crippen LogP contribution in [0.15, 0.2) is 30.3 Å². The third kappa shape index (κ3) is 2.93. The lowest BCUT2D eigenvalue weighted by Crippen LogP contribution is -2.46. The maximum absolute atomic E-state index is 3.51. The van der Waals surface area contributed by atoms with Crippen LogP contribution in [0, 0.1) is 5.92 Å². The Bertz CT molecular complexity index is 351. The average Bonchev–Trinajstić information content (AvgIpc) is 2.39. The largest absolute Gasteiger partial charge is 0.316 e. The van der Waals surface area contributed by atoms with Gasteiger partial charge in [0.1, 0.15) is 0 Å². The molecular formula is C16H24N2. The van der Waals surface area contributed by atoms with Crippen molar-refractivity contribution < 1.29 is 0 Å². The molecule has 2 saturated heterocycles.